The summed E-state index contributed by atoms with van der Waals surface area (Å²) in [5.74, 6) is 0.720. The summed E-state index contributed by atoms with van der Waals surface area (Å²) >= 11 is 0. The van der Waals surface area contributed by atoms with Crippen molar-refractivity contribution in [3.63, 3.8) is 0 Å². The molecule has 5 rings (SSSR count). The largest absolute Gasteiger partial charge is 1.00 e. The van der Waals surface area contributed by atoms with Gasteiger partial charge in [-0.1, -0.05) is 42.5 Å². The Bertz CT molecular complexity index is 1520. The number of hydrogen-bond acceptors (Lipinski definition) is 6. The number of benzene rings is 3. The summed E-state index contributed by atoms with van der Waals surface area (Å²) in [4.78, 5) is 38.7. The van der Waals surface area contributed by atoms with Crippen LogP contribution in [0.15, 0.2) is 72.9 Å². The van der Waals surface area contributed by atoms with E-state index in [-0.39, 0.29) is 84.1 Å². The average Bonchev–Trinajstić information content (AvgIpc) is 3.62. The van der Waals surface area contributed by atoms with Gasteiger partial charge in [0.15, 0.2) is 0 Å². The van der Waals surface area contributed by atoms with Crippen molar-refractivity contribution in [1.29, 1.82) is 0 Å². The predicted molar refractivity (Wildman–Crippen MR) is 141 cm³/mol. The van der Waals surface area contributed by atoms with Gasteiger partial charge in [0.25, 0.3) is 0 Å². The van der Waals surface area contributed by atoms with E-state index in [1.165, 1.54) is 0 Å². The first-order chi connectivity index (χ1) is 18.2. The summed E-state index contributed by atoms with van der Waals surface area (Å²) < 4.78 is 20.6. The zero-order valence-electron chi connectivity index (χ0n) is 23.2. The van der Waals surface area contributed by atoms with Gasteiger partial charge in [-0.3, -0.25) is 4.79 Å². The van der Waals surface area contributed by atoms with E-state index in [2.05, 4.69) is 14.8 Å². The molecule has 2 N–H and O–H groups in total. The number of carbonyl (C=O) groups is 1. The molecule has 1 unspecified atom stereocenters. The van der Waals surface area contributed by atoms with Crippen LogP contribution >= 0.6 is 7.82 Å². The molecule has 1 aliphatic carbocycles. The van der Waals surface area contributed by atoms with Gasteiger partial charge in [-0.05, 0) is 78.3 Å². The number of amides is 1. The molecule has 198 valence electrons. The van der Waals surface area contributed by atoms with E-state index in [9.17, 15) is 19.1 Å². The van der Waals surface area contributed by atoms with Gasteiger partial charge in [-0.15, -0.1) is 0 Å². The summed E-state index contributed by atoms with van der Waals surface area (Å²) in [6, 6.07) is 21.3. The fourth-order valence-corrected chi connectivity index (χ4v) is 5.39. The number of methoxy groups -OCH3 is 1. The number of ether oxygens (including phenoxy) is 1. The van der Waals surface area contributed by atoms with Crippen molar-refractivity contribution in [2.45, 2.75) is 37.6 Å². The minimum atomic E-state index is -5.03. The third-order valence-electron chi connectivity index (χ3n) is 7.32. The number of rotatable bonds is 10. The van der Waals surface area contributed by atoms with Crippen LogP contribution in [0.5, 0.6) is 5.75 Å². The van der Waals surface area contributed by atoms with E-state index in [1.807, 2.05) is 73.7 Å². The number of phosphoric acid groups is 1. The van der Waals surface area contributed by atoms with Crippen LogP contribution in [0, 0.1) is 6.92 Å². The van der Waals surface area contributed by atoms with Crippen LogP contribution in [-0.4, -0.2) is 24.6 Å². The van der Waals surface area contributed by atoms with Gasteiger partial charge in [-0.25, -0.2) is 0 Å². The molecule has 1 aromatic heterocycles. The number of nitrogens with one attached hydrogen (secondary N) is 2. The Labute approximate surface area is 278 Å². The number of hydrogen-bond donors (Lipinski definition) is 2. The van der Waals surface area contributed by atoms with Crippen LogP contribution < -0.4 is 79.0 Å². The SMILES string of the molecule is COc1ccc(C(NC(=O)C2(c3ccc4[nH]cc(CCOP(=O)([O-])[O-])c4c3)CC2)c2ccccc2)c(C)c1.[Na+].[Na+]. The van der Waals surface area contributed by atoms with Crippen LogP contribution in [0.4, 0.5) is 0 Å². The number of phosphoric ester groups is 1. The number of fused-ring (bicyclic) bond motifs is 1. The molecule has 11 heteroatoms. The molecule has 0 saturated heterocycles. The van der Waals surface area contributed by atoms with Gasteiger partial charge >= 0.3 is 59.1 Å². The molecule has 4 aromatic rings. The summed E-state index contributed by atoms with van der Waals surface area (Å²) in [5, 5.41) is 4.21. The zero-order valence-corrected chi connectivity index (χ0v) is 28.1. The molecular formula is C29H29N2Na2O6P. The van der Waals surface area contributed by atoms with Crippen molar-refractivity contribution in [2.24, 2.45) is 0 Å². The Morgan fingerprint density at radius 3 is 2.42 bits per heavy atom. The third-order valence-corrected chi connectivity index (χ3v) is 7.82. The molecule has 0 radical (unpaired) electrons. The van der Waals surface area contributed by atoms with Crippen LogP contribution in [0.3, 0.4) is 0 Å². The number of aromatic amines is 1. The second kappa shape index (κ2) is 13.7. The predicted octanol–water partition coefficient (Wildman–Crippen LogP) is -2.18. The molecule has 1 atom stereocenters. The minimum absolute atomic E-state index is 0. The van der Waals surface area contributed by atoms with Gasteiger partial charge in [-0.2, -0.15) is 0 Å². The van der Waals surface area contributed by atoms with Gasteiger partial charge in [0.2, 0.25) is 5.91 Å². The molecule has 1 heterocycles. The molecule has 0 bridgehead atoms. The fourth-order valence-electron chi connectivity index (χ4n) is 5.08. The van der Waals surface area contributed by atoms with Crippen molar-refractivity contribution in [3.8, 4) is 5.75 Å². The molecule has 1 saturated carbocycles. The van der Waals surface area contributed by atoms with Crippen LogP contribution in [0.25, 0.3) is 10.9 Å². The summed E-state index contributed by atoms with van der Waals surface area (Å²) in [6.45, 7) is 1.78. The molecular weight excluding hydrogens is 549 g/mol. The van der Waals surface area contributed by atoms with Crippen LogP contribution in [-0.2, 0) is 25.7 Å². The average molecular weight is 579 g/mol. The second-order valence-electron chi connectivity index (χ2n) is 9.73. The molecule has 40 heavy (non-hydrogen) atoms. The Morgan fingerprint density at radius 1 is 1.07 bits per heavy atom. The summed E-state index contributed by atoms with van der Waals surface area (Å²) in [5.41, 5.74) is 4.95. The Morgan fingerprint density at radius 2 is 1.80 bits per heavy atom. The zero-order chi connectivity index (χ0) is 26.9. The second-order valence-corrected chi connectivity index (χ2v) is 10.9. The molecule has 8 nitrogen and oxygen atoms in total. The van der Waals surface area contributed by atoms with E-state index in [1.54, 1.807) is 13.3 Å². The molecule has 1 amide bonds. The van der Waals surface area contributed by atoms with E-state index in [0.29, 0.717) is 0 Å². The fraction of sp³-hybridized carbons (Fsp3) is 0.276. The first kappa shape index (κ1) is 33.1. The first-order valence-electron chi connectivity index (χ1n) is 12.5. The van der Waals surface area contributed by atoms with Crippen molar-refractivity contribution >= 4 is 24.6 Å². The topological polar surface area (TPSA) is 127 Å². The minimum Gasteiger partial charge on any atom is -0.790 e. The van der Waals surface area contributed by atoms with Gasteiger partial charge < -0.3 is 33.9 Å². The quantitative estimate of drug-likeness (QED) is 0.163. The molecule has 1 fully saturated rings. The van der Waals surface area contributed by atoms with E-state index >= 15 is 0 Å². The van der Waals surface area contributed by atoms with E-state index < -0.39 is 13.2 Å². The maximum Gasteiger partial charge on any atom is 1.00 e. The van der Waals surface area contributed by atoms with Crippen molar-refractivity contribution in [3.05, 3.63) is 101 Å². The van der Waals surface area contributed by atoms with E-state index in [0.717, 1.165) is 57.3 Å². The van der Waals surface area contributed by atoms with Gasteiger partial charge in [0.05, 0.1) is 33.0 Å². The Kier molecular flexibility index (Phi) is 11.3. The molecule has 0 spiro atoms. The van der Waals surface area contributed by atoms with Crippen LogP contribution in [0.1, 0.15) is 46.7 Å². The first-order valence-corrected chi connectivity index (χ1v) is 13.9. The monoisotopic (exact) mass is 578 g/mol. The standard InChI is InChI=1S/C29H31N2O6P.2Na/c1-19-16-23(36-2)9-10-24(19)27(20-6-4-3-5-7-20)31-28(32)29(13-14-29)22-8-11-26-25(17-22)21(18-30-26)12-15-37-38(33,34)35;;/h3-11,16-18,27,30H,12-15H2,1-2H3,(H,31,32)(H2,33,34,35);;/q;2*+1/p-2. The van der Waals surface area contributed by atoms with Crippen molar-refractivity contribution < 1.29 is 87.5 Å². The Hall–Kier alpha value is -1.42. The van der Waals surface area contributed by atoms with E-state index in [4.69, 9.17) is 4.74 Å². The number of carbonyl (C=O) groups excluding carboxylic acids is 1. The number of aromatic nitrogens is 1. The Balaban J connectivity index is 0.00000220. The maximum absolute atomic E-state index is 13.9. The van der Waals surface area contributed by atoms with Gasteiger partial charge in [0, 0.05) is 17.1 Å². The summed E-state index contributed by atoms with van der Waals surface area (Å²) in [7, 11) is -3.39. The number of H-pyrrole nitrogens is 1. The summed E-state index contributed by atoms with van der Waals surface area (Å²) in [6.07, 6.45) is 3.48. The van der Waals surface area contributed by atoms with Crippen molar-refractivity contribution in [2.75, 3.05) is 13.7 Å². The third kappa shape index (κ3) is 7.31. The molecule has 0 aliphatic heterocycles. The molecule has 1 aliphatic rings. The smallest absolute Gasteiger partial charge is 0.790 e. The van der Waals surface area contributed by atoms with Gasteiger partial charge in [0.1, 0.15) is 5.75 Å². The van der Waals surface area contributed by atoms with Crippen molar-refractivity contribution in [1.82, 2.24) is 10.3 Å². The maximum atomic E-state index is 13.9. The number of aryl methyl sites for hydroxylation is 1. The molecule has 3 aromatic carbocycles. The van der Waals surface area contributed by atoms with Crippen LogP contribution in [0.2, 0.25) is 0 Å². The normalized spacial score (nSPS) is 14.5.